The number of nitrogens with zero attached hydrogens (tertiary/aromatic N) is 4. The van der Waals surface area contributed by atoms with Crippen LogP contribution < -0.4 is 10.5 Å². The Hall–Kier alpha value is -4.24. The van der Waals surface area contributed by atoms with E-state index < -0.39 is 9.84 Å². The minimum absolute atomic E-state index is 0.0648. The molecule has 9 heteroatoms. The standard InChI is InChI=1S/C25H21N5O3S/c1-16-10-12-19(13-11-16)34(31,32)23-22-25(29-21-9-4-3-8-20(21)28-22)30(24(23)26)27-15-17-6-5-7-18(14-17)33-2/h3-15H,26H2,1-2H3/b27-15-. The summed E-state index contributed by atoms with van der Waals surface area (Å²) in [5.41, 5.74) is 9.69. The number of benzene rings is 3. The van der Waals surface area contributed by atoms with Crippen LogP contribution >= 0.6 is 0 Å². The number of hydrogen-bond acceptors (Lipinski definition) is 7. The second kappa shape index (κ2) is 8.27. The molecule has 2 aromatic heterocycles. The van der Waals surface area contributed by atoms with Gasteiger partial charge in [-0.05, 0) is 48.9 Å². The van der Waals surface area contributed by atoms with E-state index in [0.29, 0.717) is 16.8 Å². The van der Waals surface area contributed by atoms with Gasteiger partial charge in [0.05, 0.1) is 29.3 Å². The van der Waals surface area contributed by atoms with Gasteiger partial charge in [-0.1, -0.05) is 42.0 Å². The van der Waals surface area contributed by atoms with E-state index in [1.165, 1.54) is 4.68 Å². The Kier molecular flexibility index (Phi) is 5.25. The Morgan fingerprint density at radius 3 is 2.38 bits per heavy atom. The lowest BCUT2D eigenvalue weighted by atomic mass is 10.2. The minimum Gasteiger partial charge on any atom is -0.497 e. The maximum atomic E-state index is 13.7. The van der Waals surface area contributed by atoms with Crippen LogP contribution in [-0.4, -0.2) is 36.4 Å². The lowest BCUT2D eigenvalue weighted by Gasteiger charge is -2.05. The van der Waals surface area contributed by atoms with Crippen LogP contribution in [0.25, 0.3) is 22.2 Å². The Bertz CT molecular complexity index is 1670. The van der Waals surface area contributed by atoms with Gasteiger partial charge in [0, 0.05) is 0 Å². The van der Waals surface area contributed by atoms with Gasteiger partial charge in [-0.15, -0.1) is 0 Å². The summed E-state index contributed by atoms with van der Waals surface area (Å²) in [5.74, 6) is 0.604. The molecule has 0 saturated carbocycles. The average molecular weight is 472 g/mol. The SMILES string of the molecule is COc1cccc(/C=N\n2c(N)c(S(=O)(=O)c3ccc(C)cc3)c3nc4ccccc4nc32)c1. The molecular weight excluding hydrogens is 450 g/mol. The number of para-hydroxylation sites is 2. The van der Waals surface area contributed by atoms with E-state index in [0.717, 1.165) is 11.1 Å². The van der Waals surface area contributed by atoms with E-state index in [2.05, 4.69) is 15.1 Å². The van der Waals surface area contributed by atoms with E-state index >= 15 is 0 Å². The summed E-state index contributed by atoms with van der Waals surface area (Å²) in [6.07, 6.45) is 1.57. The predicted molar refractivity (Wildman–Crippen MR) is 132 cm³/mol. The highest BCUT2D eigenvalue weighted by Crippen LogP contribution is 2.35. The third-order valence-electron chi connectivity index (χ3n) is 5.44. The van der Waals surface area contributed by atoms with Crippen molar-refractivity contribution in [2.45, 2.75) is 16.7 Å². The number of sulfone groups is 1. The van der Waals surface area contributed by atoms with Gasteiger partial charge in [0.2, 0.25) is 9.84 Å². The van der Waals surface area contributed by atoms with E-state index in [9.17, 15) is 8.42 Å². The van der Waals surface area contributed by atoms with Gasteiger partial charge < -0.3 is 10.5 Å². The third kappa shape index (κ3) is 3.65. The molecule has 0 radical (unpaired) electrons. The molecule has 0 aliphatic heterocycles. The number of aryl methyl sites for hydroxylation is 1. The van der Waals surface area contributed by atoms with Crippen molar-refractivity contribution in [3.63, 3.8) is 0 Å². The van der Waals surface area contributed by atoms with Crippen molar-refractivity contribution < 1.29 is 13.2 Å². The van der Waals surface area contributed by atoms with Crippen molar-refractivity contribution in [2.75, 3.05) is 12.8 Å². The monoisotopic (exact) mass is 471 g/mol. The molecule has 0 amide bonds. The second-order valence-corrected chi connectivity index (χ2v) is 9.63. The molecule has 8 nitrogen and oxygen atoms in total. The first-order valence-corrected chi connectivity index (χ1v) is 11.9. The van der Waals surface area contributed by atoms with Gasteiger partial charge in [-0.25, -0.2) is 18.4 Å². The Labute approximate surface area is 196 Å². The number of aromatic nitrogens is 3. The number of hydrogen-bond donors (Lipinski definition) is 1. The highest BCUT2D eigenvalue weighted by atomic mass is 32.2. The van der Waals surface area contributed by atoms with Crippen LogP contribution in [-0.2, 0) is 9.84 Å². The zero-order valence-electron chi connectivity index (χ0n) is 18.5. The van der Waals surface area contributed by atoms with Crippen LogP contribution in [0, 0.1) is 6.92 Å². The quantitative estimate of drug-likeness (QED) is 0.385. The predicted octanol–water partition coefficient (Wildman–Crippen LogP) is 4.20. The van der Waals surface area contributed by atoms with Crippen LogP contribution in [0.4, 0.5) is 5.82 Å². The Morgan fingerprint density at radius 1 is 0.971 bits per heavy atom. The van der Waals surface area contributed by atoms with Gasteiger partial charge in [0.15, 0.2) is 5.65 Å². The second-order valence-electron chi connectivity index (χ2n) is 7.75. The highest BCUT2D eigenvalue weighted by molar-refractivity contribution is 7.92. The van der Waals surface area contributed by atoms with E-state index in [1.54, 1.807) is 55.8 Å². The fourth-order valence-electron chi connectivity index (χ4n) is 3.69. The largest absolute Gasteiger partial charge is 0.497 e. The molecule has 0 atom stereocenters. The number of fused-ring (bicyclic) bond motifs is 2. The Morgan fingerprint density at radius 2 is 1.68 bits per heavy atom. The maximum Gasteiger partial charge on any atom is 0.212 e. The molecule has 34 heavy (non-hydrogen) atoms. The smallest absolute Gasteiger partial charge is 0.212 e. The lowest BCUT2D eigenvalue weighted by Crippen LogP contribution is -2.06. The number of methoxy groups -OCH3 is 1. The van der Waals surface area contributed by atoms with E-state index in [1.807, 2.05) is 37.3 Å². The molecule has 0 aliphatic carbocycles. The molecule has 0 unspecified atom stereocenters. The molecule has 0 aliphatic rings. The van der Waals surface area contributed by atoms with Crippen molar-refractivity contribution in [1.82, 2.24) is 14.6 Å². The summed E-state index contributed by atoms with van der Waals surface area (Å²) in [6, 6.07) is 21.1. The van der Waals surface area contributed by atoms with Crippen LogP contribution in [0.5, 0.6) is 5.75 Å². The molecule has 5 rings (SSSR count). The number of ether oxygens (including phenoxy) is 1. The first-order chi connectivity index (χ1) is 16.4. The molecule has 0 spiro atoms. The topological polar surface area (TPSA) is 112 Å². The zero-order valence-corrected chi connectivity index (χ0v) is 19.3. The van der Waals surface area contributed by atoms with E-state index in [4.69, 9.17) is 10.5 Å². The summed E-state index contributed by atoms with van der Waals surface area (Å²) < 4.78 is 33.9. The molecule has 0 saturated heterocycles. The van der Waals surface area contributed by atoms with Gasteiger partial charge in [-0.3, -0.25) is 0 Å². The summed E-state index contributed by atoms with van der Waals surface area (Å²) in [6.45, 7) is 1.89. The summed E-state index contributed by atoms with van der Waals surface area (Å²) in [4.78, 5) is 9.26. The summed E-state index contributed by atoms with van der Waals surface area (Å²) in [5, 5.41) is 4.47. The van der Waals surface area contributed by atoms with Crippen molar-refractivity contribution >= 4 is 44.1 Å². The Balaban J connectivity index is 1.77. The van der Waals surface area contributed by atoms with Gasteiger partial charge in [-0.2, -0.15) is 9.78 Å². The first kappa shape index (κ1) is 21.6. The zero-order chi connectivity index (χ0) is 23.9. The minimum atomic E-state index is -4.00. The number of nitrogen functional groups attached to an aromatic ring is 1. The normalized spacial score (nSPS) is 12.1. The molecule has 3 aromatic carbocycles. The van der Waals surface area contributed by atoms with Crippen LogP contribution in [0.1, 0.15) is 11.1 Å². The summed E-state index contributed by atoms with van der Waals surface area (Å²) in [7, 11) is -2.42. The van der Waals surface area contributed by atoms with Crippen LogP contribution in [0.3, 0.4) is 0 Å². The van der Waals surface area contributed by atoms with Crippen molar-refractivity contribution in [2.24, 2.45) is 5.10 Å². The molecule has 2 N–H and O–H groups in total. The number of nitrogens with two attached hydrogens (primary N) is 1. The van der Waals surface area contributed by atoms with Crippen LogP contribution in [0.15, 0.2) is 87.7 Å². The average Bonchev–Trinajstić information content (AvgIpc) is 3.12. The van der Waals surface area contributed by atoms with Crippen molar-refractivity contribution in [1.29, 1.82) is 0 Å². The van der Waals surface area contributed by atoms with Gasteiger partial charge in [0.1, 0.15) is 22.0 Å². The molecule has 5 aromatic rings. The fourth-order valence-corrected chi connectivity index (χ4v) is 5.17. The number of anilines is 1. The maximum absolute atomic E-state index is 13.7. The molecule has 170 valence electrons. The third-order valence-corrected chi connectivity index (χ3v) is 7.28. The molecule has 2 heterocycles. The van der Waals surface area contributed by atoms with Gasteiger partial charge in [0.25, 0.3) is 0 Å². The molecule has 0 fully saturated rings. The van der Waals surface area contributed by atoms with Crippen molar-refractivity contribution in [3.8, 4) is 5.75 Å². The van der Waals surface area contributed by atoms with Gasteiger partial charge >= 0.3 is 0 Å². The summed E-state index contributed by atoms with van der Waals surface area (Å²) >= 11 is 0. The van der Waals surface area contributed by atoms with Crippen LogP contribution in [0.2, 0.25) is 0 Å². The molecular formula is C25H21N5O3S. The fraction of sp³-hybridized carbons (Fsp3) is 0.0800. The first-order valence-electron chi connectivity index (χ1n) is 10.5. The lowest BCUT2D eigenvalue weighted by molar-refractivity contribution is 0.415. The highest BCUT2D eigenvalue weighted by Gasteiger charge is 2.30. The van der Waals surface area contributed by atoms with Crippen molar-refractivity contribution in [3.05, 3.63) is 83.9 Å². The van der Waals surface area contributed by atoms with E-state index in [-0.39, 0.29) is 26.8 Å². The molecule has 0 bridgehead atoms. The number of rotatable bonds is 5.